The highest BCUT2D eigenvalue weighted by Crippen LogP contribution is 2.49. The van der Waals surface area contributed by atoms with E-state index in [9.17, 15) is 27.9 Å². The molecule has 1 aromatic rings. The molecule has 3 rings (SSSR count). The molecule has 10 heteroatoms. The first-order valence-electron chi connectivity index (χ1n) is 12.1. The van der Waals surface area contributed by atoms with Gasteiger partial charge < -0.3 is 20.5 Å². The first-order chi connectivity index (χ1) is 16.2. The van der Waals surface area contributed by atoms with Crippen LogP contribution in [0.2, 0.25) is 0 Å². The molecule has 1 fully saturated rings. The third-order valence-electron chi connectivity index (χ3n) is 6.76. The third-order valence-corrected chi connectivity index (χ3v) is 6.76. The highest BCUT2D eigenvalue weighted by atomic mass is 19.4. The van der Waals surface area contributed by atoms with Crippen LogP contribution in [-0.4, -0.2) is 53.9 Å². The average Bonchev–Trinajstić information content (AvgIpc) is 2.82. The minimum atomic E-state index is -4.71. The number of pyridine rings is 1. The molecule has 0 spiro atoms. The lowest BCUT2D eigenvalue weighted by Crippen LogP contribution is -2.55. The maximum atomic E-state index is 13.7. The normalized spacial score (nSPS) is 18.4. The van der Waals surface area contributed by atoms with Gasteiger partial charge in [-0.05, 0) is 56.6 Å². The lowest BCUT2D eigenvalue weighted by molar-refractivity contribution is -0.230. The summed E-state index contributed by atoms with van der Waals surface area (Å²) in [6, 6.07) is 2.73. The number of carboxylic acids is 1. The van der Waals surface area contributed by atoms with Gasteiger partial charge in [-0.25, -0.2) is 9.78 Å². The summed E-state index contributed by atoms with van der Waals surface area (Å²) in [6.07, 6.45) is 0.364. The quantitative estimate of drug-likeness (QED) is 0.405. The van der Waals surface area contributed by atoms with Gasteiger partial charge in [0.25, 0.3) is 0 Å². The predicted octanol–water partition coefficient (Wildman–Crippen LogP) is 4.25. The van der Waals surface area contributed by atoms with E-state index in [1.165, 1.54) is 5.56 Å². The van der Waals surface area contributed by atoms with Crippen LogP contribution in [0.1, 0.15) is 69.0 Å². The van der Waals surface area contributed by atoms with Crippen LogP contribution in [0.4, 0.5) is 19.0 Å². The number of amides is 1. The van der Waals surface area contributed by atoms with E-state index in [0.717, 1.165) is 50.2 Å². The van der Waals surface area contributed by atoms with Crippen LogP contribution >= 0.6 is 0 Å². The monoisotopic (exact) mass is 485 g/mol. The van der Waals surface area contributed by atoms with Gasteiger partial charge in [0, 0.05) is 31.9 Å². The van der Waals surface area contributed by atoms with E-state index < -0.39 is 29.5 Å². The Bertz CT molecular complexity index is 841. The molecule has 0 unspecified atom stereocenters. The zero-order chi connectivity index (χ0) is 24.6. The molecule has 1 aromatic heterocycles. The van der Waals surface area contributed by atoms with Gasteiger partial charge in [0.1, 0.15) is 17.3 Å². The van der Waals surface area contributed by atoms with Crippen LogP contribution in [0.5, 0.6) is 0 Å². The lowest BCUT2D eigenvalue weighted by atomic mass is 9.72. The number of unbranched alkanes of at least 4 members (excludes halogenated alkanes) is 1. The second-order valence-corrected chi connectivity index (χ2v) is 9.20. The number of halogens is 3. The van der Waals surface area contributed by atoms with Crippen molar-refractivity contribution in [3.8, 4) is 0 Å². The van der Waals surface area contributed by atoms with Gasteiger partial charge in [-0.15, -0.1) is 0 Å². The molecule has 1 saturated carbocycles. The SMILES string of the molecule is O=C(O)[C@H](CCOCCCCc1ccc2c(n1)NCCC2)NC(=O)C1(C(F)(F)F)CCCCC1. The molecule has 0 aromatic carbocycles. The summed E-state index contributed by atoms with van der Waals surface area (Å²) in [5.74, 6) is -1.64. The maximum Gasteiger partial charge on any atom is 0.403 e. The molecule has 2 heterocycles. The van der Waals surface area contributed by atoms with Crippen molar-refractivity contribution in [1.82, 2.24) is 10.3 Å². The number of fused-ring (bicyclic) bond motifs is 1. The number of carboxylic acid groups (broad SMARTS) is 1. The fourth-order valence-electron chi connectivity index (χ4n) is 4.67. The van der Waals surface area contributed by atoms with E-state index in [0.29, 0.717) is 25.9 Å². The third kappa shape index (κ3) is 6.61. The molecular weight excluding hydrogens is 451 g/mol. The van der Waals surface area contributed by atoms with Gasteiger partial charge >= 0.3 is 12.1 Å². The van der Waals surface area contributed by atoms with Crippen LogP contribution in [0.15, 0.2) is 12.1 Å². The van der Waals surface area contributed by atoms with Crippen molar-refractivity contribution >= 4 is 17.7 Å². The largest absolute Gasteiger partial charge is 0.480 e. The standard InChI is InChI=1S/C24H34F3N3O4/c25-24(26,27)23(12-3-1-4-13-23)22(33)30-19(21(31)32)11-16-34-15-5-2-8-18-10-9-17-7-6-14-28-20(17)29-18/h9-10,19H,1-8,11-16H2,(H,28,29)(H,30,33)(H,31,32)/t19-/m0/s1. The van der Waals surface area contributed by atoms with E-state index in [4.69, 9.17) is 4.74 Å². The number of hydrogen-bond acceptors (Lipinski definition) is 5. The molecule has 3 N–H and O–H groups in total. The molecule has 0 radical (unpaired) electrons. The summed E-state index contributed by atoms with van der Waals surface area (Å²) >= 11 is 0. The fraction of sp³-hybridized carbons (Fsp3) is 0.708. The molecule has 0 bridgehead atoms. The number of carbonyl (C=O) groups excluding carboxylic acids is 1. The van der Waals surface area contributed by atoms with Crippen molar-refractivity contribution < 1.29 is 32.6 Å². The molecular formula is C24H34F3N3O4. The zero-order valence-corrected chi connectivity index (χ0v) is 19.4. The molecule has 190 valence electrons. The van der Waals surface area contributed by atoms with E-state index >= 15 is 0 Å². The molecule has 1 atom stereocenters. The number of aryl methyl sites for hydroxylation is 2. The van der Waals surface area contributed by atoms with Gasteiger partial charge in [-0.1, -0.05) is 25.3 Å². The zero-order valence-electron chi connectivity index (χ0n) is 19.4. The second kappa shape index (κ2) is 11.9. The lowest BCUT2D eigenvalue weighted by Gasteiger charge is -2.38. The van der Waals surface area contributed by atoms with Crippen LogP contribution in [0.25, 0.3) is 0 Å². The average molecular weight is 486 g/mol. The van der Waals surface area contributed by atoms with Crippen LogP contribution in [-0.2, 0) is 27.2 Å². The smallest absolute Gasteiger partial charge is 0.403 e. The van der Waals surface area contributed by atoms with Crippen molar-refractivity contribution in [1.29, 1.82) is 0 Å². The Balaban J connectivity index is 1.38. The van der Waals surface area contributed by atoms with Crippen LogP contribution in [0, 0.1) is 5.41 Å². The van der Waals surface area contributed by atoms with Crippen molar-refractivity contribution in [2.45, 2.75) is 82.8 Å². The molecule has 34 heavy (non-hydrogen) atoms. The van der Waals surface area contributed by atoms with E-state index in [1.54, 1.807) is 0 Å². The number of nitrogens with zero attached hydrogens (tertiary/aromatic N) is 1. The second-order valence-electron chi connectivity index (χ2n) is 9.20. The fourth-order valence-corrected chi connectivity index (χ4v) is 4.67. The Morgan fingerprint density at radius 2 is 1.91 bits per heavy atom. The van der Waals surface area contributed by atoms with Gasteiger partial charge in [0.15, 0.2) is 0 Å². The molecule has 1 aliphatic heterocycles. The number of carbonyl (C=O) groups is 2. The molecule has 1 amide bonds. The number of nitrogens with one attached hydrogen (secondary N) is 2. The summed E-state index contributed by atoms with van der Waals surface area (Å²) in [5.41, 5.74) is -0.258. The first-order valence-corrected chi connectivity index (χ1v) is 12.1. The Labute approximate surface area is 197 Å². The van der Waals surface area contributed by atoms with Gasteiger partial charge in [0.2, 0.25) is 5.91 Å². The Hall–Kier alpha value is -2.36. The molecule has 2 aliphatic rings. The van der Waals surface area contributed by atoms with E-state index in [1.807, 2.05) is 6.07 Å². The van der Waals surface area contributed by atoms with E-state index in [2.05, 4.69) is 21.7 Å². The van der Waals surface area contributed by atoms with Crippen molar-refractivity contribution in [3.05, 3.63) is 23.4 Å². The summed E-state index contributed by atoms with van der Waals surface area (Å²) in [4.78, 5) is 28.7. The summed E-state index contributed by atoms with van der Waals surface area (Å²) in [7, 11) is 0. The van der Waals surface area contributed by atoms with Crippen LogP contribution < -0.4 is 10.6 Å². The van der Waals surface area contributed by atoms with Gasteiger partial charge in [-0.2, -0.15) is 13.2 Å². The summed E-state index contributed by atoms with van der Waals surface area (Å²) in [6.45, 7) is 1.37. The predicted molar refractivity (Wildman–Crippen MR) is 121 cm³/mol. The number of anilines is 1. The highest BCUT2D eigenvalue weighted by Gasteiger charge is 2.60. The van der Waals surface area contributed by atoms with E-state index in [-0.39, 0.29) is 25.9 Å². The van der Waals surface area contributed by atoms with Crippen molar-refractivity contribution in [2.75, 3.05) is 25.1 Å². The number of alkyl halides is 3. The van der Waals surface area contributed by atoms with Gasteiger partial charge in [-0.3, -0.25) is 4.79 Å². The maximum absolute atomic E-state index is 13.7. The Morgan fingerprint density at radius 3 is 2.62 bits per heavy atom. The summed E-state index contributed by atoms with van der Waals surface area (Å²) in [5, 5.41) is 14.8. The highest BCUT2D eigenvalue weighted by molar-refractivity contribution is 5.88. The minimum absolute atomic E-state index is 0.0390. The van der Waals surface area contributed by atoms with Crippen LogP contribution in [0.3, 0.4) is 0 Å². The number of aromatic nitrogens is 1. The Morgan fingerprint density at radius 1 is 1.15 bits per heavy atom. The minimum Gasteiger partial charge on any atom is -0.480 e. The van der Waals surface area contributed by atoms with Crippen molar-refractivity contribution in [2.24, 2.45) is 5.41 Å². The van der Waals surface area contributed by atoms with Gasteiger partial charge in [0.05, 0.1) is 0 Å². The topological polar surface area (TPSA) is 101 Å². The summed E-state index contributed by atoms with van der Waals surface area (Å²) < 4.78 is 46.6. The van der Waals surface area contributed by atoms with Crippen molar-refractivity contribution in [3.63, 3.8) is 0 Å². The molecule has 1 aliphatic carbocycles. The first kappa shape index (κ1) is 26.2. The number of rotatable bonds is 11. The molecule has 7 nitrogen and oxygen atoms in total. The number of aliphatic carboxylic acids is 1. The molecule has 0 saturated heterocycles. The Kier molecular flexibility index (Phi) is 9.16. The number of ether oxygens (including phenoxy) is 1. The number of hydrogen-bond donors (Lipinski definition) is 3.